The Morgan fingerprint density at radius 1 is 1.44 bits per heavy atom. The minimum Gasteiger partial charge on any atom is -0.383 e. The van der Waals surface area contributed by atoms with Crippen LogP contribution in [0.3, 0.4) is 0 Å². The molecule has 0 saturated heterocycles. The van der Waals surface area contributed by atoms with E-state index in [1.807, 2.05) is 0 Å². The predicted molar refractivity (Wildman–Crippen MR) is 66.7 cm³/mol. The molecule has 0 aromatic heterocycles. The van der Waals surface area contributed by atoms with Crippen LogP contribution in [0.2, 0.25) is 0 Å². The molecule has 102 valence electrons. The summed E-state index contributed by atoms with van der Waals surface area (Å²) in [5.41, 5.74) is 5.80. The quantitative estimate of drug-likeness (QED) is 0.620. The van der Waals surface area contributed by atoms with Crippen LogP contribution in [-0.2, 0) is 21.5 Å². The van der Waals surface area contributed by atoms with Crippen LogP contribution in [0.4, 0.5) is 10.1 Å². The molecular formula is C10H16FN3O3S. The van der Waals surface area contributed by atoms with Gasteiger partial charge in [0.2, 0.25) is 0 Å². The highest BCUT2D eigenvalue weighted by atomic mass is 32.2. The summed E-state index contributed by atoms with van der Waals surface area (Å²) in [4.78, 5) is 0. The second-order valence-electron chi connectivity index (χ2n) is 3.51. The van der Waals surface area contributed by atoms with Gasteiger partial charge in [-0.05, 0) is 17.7 Å². The van der Waals surface area contributed by atoms with Crippen molar-refractivity contribution < 1.29 is 17.5 Å². The van der Waals surface area contributed by atoms with Crippen molar-refractivity contribution in [2.75, 3.05) is 25.0 Å². The Bertz CT molecular complexity index is 493. The molecule has 0 fully saturated rings. The first kappa shape index (κ1) is 14.8. The predicted octanol–water partition coefficient (Wildman–Crippen LogP) is 0.177. The van der Waals surface area contributed by atoms with Gasteiger partial charge in [-0.1, -0.05) is 6.07 Å². The number of methoxy groups -OCH3 is 1. The maximum Gasteiger partial charge on any atom is 0.299 e. The maximum atomic E-state index is 13.5. The third kappa shape index (κ3) is 4.57. The zero-order valence-electron chi connectivity index (χ0n) is 9.94. The van der Waals surface area contributed by atoms with Crippen molar-refractivity contribution in [3.8, 4) is 0 Å². The summed E-state index contributed by atoms with van der Waals surface area (Å²) in [5.74, 6) is -0.671. The van der Waals surface area contributed by atoms with Crippen LogP contribution in [0, 0.1) is 5.82 Å². The molecule has 0 aliphatic heterocycles. The number of ether oxygens (including phenoxy) is 1. The molecule has 0 aliphatic carbocycles. The lowest BCUT2D eigenvalue weighted by Gasteiger charge is -2.10. The van der Waals surface area contributed by atoms with Gasteiger partial charge in [0.1, 0.15) is 5.82 Å². The molecule has 0 atom stereocenters. The van der Waals surface area contributed by atoms with Crippen LogP contribution in [0.1, 0.15) is 5.56 Å². The number of nitrogens with two attached hydrogens (primary N) is 1. The minimum atomic E-state index is -3.80. The first-order chi connectivity index (χ1) is 8.48. The largest absolute Gasteiger partial charge is 0.383 e. The average molecular weight is 277 g/mol. The van der Waals surface area contributed by atoms with Gasteiger partial charge in [0.05, 0.1) is 12.3 Å². The molecule has 0 spiro atoms. The fourth-order valence-electron chi connectivity index (χ4n) is 1.23. The van der Waals surface area contributed by atoms with E-state index >= 15 is 0 Å². The summed E-state index contributed by atoms with van der Waals surface area (Å²) in [6.45, 7) is 0.528. The monoisotopic (exact) mass is 277 g/mol. The standard InChI is InChI=1S/C10H16FN3O3S/c1-17-5-4-13-18(15,16)14-10-3-2-8(7-12)6-9(10)11/h2-3,6,13-14H,4-5,7,12H2,1H3. The van der Waals surface area contributed by atoms with Gasteiger partial charge in [-0.2, -0.15) is 13.1 Å². The molecule has 4 N–H and O–H groups in total. The summed E-state index contributed by atoms with van der Waals surface area (Å²) in [6.07, 6.45) is 0. The summed E-state index contributed by atoms with van der Waals surface area (Å²) in [6, 6.07) is 4.07. The van der Waals surface area contributed by atoms with E-state index < -0.39 is 16.0 Å². The van der Waals surface area contributed by atoms with Crippen LogP contribution < -0.4 is 15.2 Å². The second kappa shape index (κ2) is 6.64. The van der Waals surface area contributed by atoms with Crippen molar-refractivity contribution in [1.82, 2.24) is 4.72 Å². The lowest BCUT2D eigenvalue weighted by Crippen LogP contribution is -2.32. The third-order valence-electron chi connectivity index (χ3n) is 2.11. The van der Waals surface area contributed by atoms with Gasteiger partial charge >= 0.3 is 0 Å². The van der Waals surface area contributed by atoms with Crippen LogP contribution >= 0.6 is 0 Å². The molecule has 18 heavy (non-hydrogen) atoms. The Morgan fingerprint density at radius 2 is 2.17 bits per heavy atom. The number of benzene rings is 1. The maximum absolute atomic E-state index is 13.5. The summed E-state index contributed by atoms with van der Waals surface area (Å²) >= 11 is 0. The molecule has 6 nitrogen and oxygen atoms in total. The highest BCUT2D eigenvalue weighted by Crippen LogP contribution is 2.16. The van der Waals surface area contributed by atoms with E-state index in [1.54, 1.807) is 6.07 Å². The van der Waals surface area contributed by atoms with E-state index in [1.165, 1.54) is 19.2 Å². The Morgan fingerprint density at radius 3 is 2.72 bits per heavy atom. The van der Waals surface area contributed by atoms with Crippen molar-refractivity contribution in [2.24, 2.45) is 5.73 Å². The van der Waals surface area contributed by atoms with Gasteiger partial charge in [-0.25, -0.2) is 4.39 Å². The highest BCUT2D eigenvalue weighted by Gasteiger charge is 2.12. The SMILES string of the molecule is COCCNS(=O)(=O)Nc1ccc(CN)cc1F. The zero-order valence-corrected chi connectivity index (χ0v) is 10.8. The van der Waals surface area contributed by atoms with Gasteiger partial charge in [0.15, 0.2) is 0 Å². The molecule has 1 aromatic carbocycles. The number of halogens is 1. The number of hydrogen-bond acceptors (Lipinski definition) is 4. The topological polar surface area (TPSA) is 93.4 Å². The molecule has 8 heteroatoms. The van der Waals surface area contributed by atoms with Crippen LogP contribution in [0.15, 0.2) is 18.2 Å². The lowest BCUT2D eigenvalue weighted by atomic mass is 10.2. The molecule has 0 heterocycles. The van der Waals surface area contributed by atoms with Gasteiger partial charge < -0.3 is 10.5 Å². The van der Waals surface area contributed by atoms with E-state index in [0.29, 0.717) is 5.56 Å². The van der Waals surface area contributed by atoms with Crippen LogP contribution in [0.5, 0.6) is 0 Å². The first-order valence-corrected chi connectivity index (χ1v) is 6.71. The average Bonchev–Trinajstić information content (AvgIpc) is 2.31. The molecule has 0 radical (unpaired) electrons. The lowest BCUT2D eigenvalue weighted by molar-refractivity contribution is 0.204. The van der Waals surface area contributed by atoms with Crippen molar-refractivity contribution >= 4 is 15.9 Å². The molecule has 0 aliphatic rings. The Kier molecular flexibility index (Phi) is 5.48. The number of hydrogen-bond donors (Lipinski definition) is 3. The number of anilines is 1. The third-order valence-corrected chi connectivity index (χ3v) is 3.18. The molecule has 0 bridgehead atoms. The second-order valence-corrected chi connectivity index (χ2v) is 5.01. The molecule has 1 rings (SSSR count). The normalized spacial score (nSPS) is 11.5. The minimum absolute atomic E-state index is 0.105. The Balaban J connectivity index is 2.72. The Labute approximate surface area is 106 Å². The number of nitrogens with one attached hydrogen (secondary N) is 2. The van der Waals surface area contributed by atoms with E-state index in [2.05, 4.69) is 9.44 Å². The van der Waals surface area contributed by atoms with E-state index in [-0.39, 0.29) is 25.4 Å². The fraction of sp³-hybridized carbons (Fsp3) is 0.400. The van der Waals surface area contributed by atoms with Gasteiger partial charge in [-0.15, -0.1) is 0 Å². The zero-order chi connectivity index (χ0) is 13.6. The van der Waals surface area contributed by atoms with Gasteiger partial charge in [0, 0.05) is 20.2 Å². The van der Waals surface area contributed by atoms with Crippen LogP contribution in [-0.4, -0.2) is 28.7 Å². The molecule has 1 aromatic rings. The van der Waals surface area contributed by atoms with Gasteiger partial charge in [0.25, 0.3) is 10.2 Å². The summed E-state index contributed by atoms with van der Waals surface area (Å²) < 4.78 is 45.5. The molecule has 0 amide bonds. The number of rotatable bonds is 7. The van der Waals surface area contributed by atoms with Crippen molar-refractivity contribution in [2.45, 2.75) is 6.54 Å². The first-order valence-electron chi connectivity index (χ1n) is 5.23. The smallest absolute Gasteiger partial charge is 0.299 e. The Hall–Kier alpha value is -1.22. The van der Waals surface area contributed by atoms with Crippen molar-refractivity contribution in [3.05, 3.63) is 29.6 Å². The van der Waals surface area contributed by atoms with E-state index in [4.69, 9.17) is 10.5 Å². The van der Waals surface area contributed by atoms with E-state index in [9.17, 15) is 12.8 Å². The highest BCUT2D eigenvalue weighted by molar-refractivity contribution is 7.90. The molecular weight excluding hydrogens is 261 g/mol. The van der Waals surface area contributed by atoms with Gasteiger partial charge in [-0.3, -0.25) is 4.72 Å². The van der Waals surface area contributed by atoms with E-state index in [0.717, 1.165) is 0 Å². The molecule has 0 saturated carbocycles. The summed E-state index contributed by atoms with van der Waals surface area (Å²) in [7, 11) is -2.35. The van der Waals surface area contributed by atoms with Crippen molar-refractivity contribution in [3.63, 3.8) is 0 Å². The summed E-state index contributed by atoms with van der Waals surface area (Å²) in [5, 5.41) is 0. The fourth-order valence-corrected chi connectivity index (χ4v) is 2.11. The van der Waals surface area contributed by atoms with Crippen molar-refractivity contribution in [1.29, 1.82) is 0 Å². The molecule has 0 unspecified atom stereocenters. The van der Waals surface area contributed by atoms with Crippen LogP contribution in [0.25, 0.3) is 0 Å².